The first-order chi connectivity index (χ1) is 21.2. The molecule has 2 atom stereocenters. The summed E-state index contributed by atoms with van der Waals surface area (Å²) in [6, 6.07) is 7.14. The minimum absolute atomic E-state index is 0.0238. The van der Waals surface area contributed by atoms with Crippen LogP contribution in [0.25, 0.3) is 16.9 Å². The second kappa shape index (κ2) is 14.7. The van der Waals surface area contributed by atoms with E-state index in [1.54, 1.807) is 29.7 Å². The summed E-state index contributed by atoms with van der Waals surface area (Å²) in [6.07, 6.45) is 7.29. The fraction of sp³-hybridized carbons (Fsp3) is 0.355. The van der Waals surface area contributed by atoms with Gasteiger partial charge >= 0.3 is 0 Å². The molecule has 2 aromatic heterocycles. The number of anilines is 2. The minimum atomic E-state index is -1.08. The van der Waals surface area contributed by atoms with Crippen LogP contribution >= 0.6 is 0 Å². The van der Waals surface area contributed by atoms with Gasteiger partial charge < -0.3 is 32.2 Å². The number of hydrogen-bond acceptors (Lipinski definition) is 8. The standard InChI is InChI=1S/C31H38F2N8O3/c1-4-19-15-20(8-9-21(19)30(42)39-18(2)16-38-31(43)23(35)7-5-6-12-34)40-28-29-37-17-24(41(29)14-13-36-28)22-10-11-25(44-3)27(33)26(22)32/h8-11,13-15,17-18,23H,4-7,12,16,34-35H2,1-3H3,(H,36,40)(H,38,43)(H,39,42)/t18-,23-/m0/s1. The van der Waals surface area contributed by atoms with E-state index in [1.807, 2.05) is 13.0 Å². The molecule has 44 heavy (non-hydrogen) atoms. The van der Waals surface area contributed by atoms with Gasteiger partial charge in [0.15, 0.2) is 23.0 Å². The van der Waals surface area contributed by atoms with Crippen molar-refractivity contribution in [2.24, 2.45) is 11.5 Å². The number of carbonyl (C=O) groups is 2. The van der Waals surface area contributed by atoms with E-state index in [4.69, 9.17) is 16.2 Å². The molecule has 0 spiro atoms. The molecule has 0 fully saturated rings. The number of ether oxygens (including phenoxy) is 1. The van der Waals surface area contributed by atoms with Gasteiger partial charge in [0.2, 0.25) is 11.7 Å². The van der Waals surface area contributed by atoms with E-state index >= 15 is 0 Å². The summed E-state index contributed by atoms with van der Waals surface area (Å²) in [5.41, 5.74) is 14.1. The van der Waals surface area contributed by atoms with Crippen molar-refractivity contribution in [3.63, 3.8) is 0 Å². The lowest BCUT2D eigenvalue weighted by Gasteiger charge is -2.18. The average Bonchev–Trinajstić information content (AvgIpc) is 3.46. The lowest BCUT2D eigenvalue weighted by Crippen LogP contribution is -2.47. The average molecular weight is 609 g/mol. The van der Waals surface area contributed by atoms with E-state index in [0.717, 1.165) is 18.4 Å². The molecule has 2 amide bonds. The Kier molecular flexibility index (Phi) is 10.8. The van der Waals surface area contributed by atoms with Crippen LogP contribution in [0.1, 0.15) is 49.0 Å². The lowest BCUT2D eigenvalue weighted by atomic mass is 10.0. The topological polar surface area (TPSA) is 162 Å². The zero-order chi connectivity index (χ0) is 31.8. The number of hydrogen-bond donors (Lipinski definition) is 5. The van der Waals surface area contributed by atoms with Crippen molar-refractivity contribution in [2.75, 3.05) is 25.5 Å². The molecule has 0 bridgehead atoms. The molecule has 2 aromatic carbocycles. The van der Waals surface area contributed by atoms with Crippen LogP contribution in [0.2, 0.25) is 0 Å². The predicted molar refractivity (Wildman–Crippen MR) is 165 cm³/mol. The van der Waals surface area contributed by atoms with E-state index in [0.29, 0.717) is 47.8 Å². The SMILES string of the molecule is CCc1cc(Nc2nccn3c(-c4ccc(OC)c(F)c4F)cnc23)ccc1C(=O)N[C@@H](C)CNC(=O)[C@@H](N)CCCCN. The van der Waals surface area contributed by atoms with Crippen molar-refractivity contribution < 1.29 is 23.1 Å². The normalized spacial score (nSPS) is 12.5. The lowest BCUT2D eigenvalue weighted by molar-refractivity contribution is -0.122. The zero-order valence-corrected chi connectivity index (χ0v) is 25.0. The third-order valence-electron chi connectivity index (χ3n) is 7.23. The van der Waals surface area contributed by atoms with Crippen LogP contribution in [0.3, 0.4) is 0 Å². The van der Waals surface area contributed by atoms with Crippen molar-refractivity contribution >= 4 is 29.0 Å². The summed E-state index contributed by atoms with van der Waals surface area (Å²) < 4.78 is 35.7. The first-order valence-electron chi connectivity index (χ1n) is 14.5. The molecule has 0 unspecified atom stereocenters. The van der Waals surface area contributed by atoms with Crippen molar-refractivity contribution in [3.8, 4) is 17.0 Å². The molecule has 4 rings (SSSR count). The molecule has 0 saturated heterocycles. The monoisotopic (exact) mass is 608 g/mol. The number of fused-ring (bicyclic) bond motifs is 1. The van der Waals surface area contributed by atoms with Gasteiger partial charge in [0, 0.05) is 41.8 Å². The van der Waals surface area contributed by atoms with Crippen molar-refractivity contribution in [1.82, 2.24) is 25.0 Å². The molecular weight excluding hydrogens is 570 g/mol. The molecule has 0 aliphatic rings. The number of halogens is 2. The number of aryl methyl sites for hydroxylation is 1. The molecule has 0 aliphatic carbocycles. The van der Waals surface area contributed by atoms with Crippen molar-refractivity contribution in [3.05, 3.63) is 71.7 Å². The number of nitrogens with zero attached hydrogens (tertiary/aromatic N) is 3. The van der Waals surface area contributed by atoms with Gasteiger partial charge in [0.1, 0.15) is 0 Å². The second-order valence-electron chi connectivity index (χ2n) is 10.4. The maximum absolute atomic E-state index is 14.8. The first-order valence-corrected chi connectivity index (χ1v) is 14.5. The highest BCUT2D eigenvalue weighted by Gasteiger charge is 2.20. The first kappa shape index (κ1) is 32.3. The Morgan fingerprint density at radius 1 is 1.11 bits per heavy atom. The highest BCUT2D eigenvalue weighted by Crippen LogP contribution is 2.31. The van der Waals surface area contributed by atoms with Gasteiger partial charge in [-0.2, -0.15) is 4.39 Å². The quantitative estimate of drug-likeness (QED) is 0.136. The summed E-state index contributed by atoms with van der Waals surface area (Å²) in [4.78, 5) is 34.1. The van der Waals surface area contributed by atoms with Gasteiger partial charge in [-0.3, -0.25) is 14.0 Å². The fourth-order valence-corrected chi connectivity index (χ4v) is 4.79. The van der Waals surface area contributed by atoms with Gasteiger partial charge in [0.25, 0.3) is 5.91 Å². The second-order valence-corrected chi connectivity index (χ2v) is 10.4. The number of nitrogens with two attached hydrogens (primary N) is 2. The van der Waals surface area contributed by atoms with Gasteiger partial charge in [-0.05, 0) is 68.6 Å². The Bertz CT molecular complexity index is 1630. The minimum Gasteiger partial charge on any atom is -0.494 e. The number of unbranched alkanes of at least 4 members (excludes halogenated alkanes) is 1. The smallest absolute Gasteiger partial charge is 0.251 e. The van der Waals surface area contributed by atoms with Crippen molar-refractivity contribution in [1.29, 1.82) is 0 Å². The van der Waals surface area contributed by atoms with Crippen LogP contribution in [0.5, 0.6) is 5.75 Å². The van der Waals surface area contributed by atoms with Crippen LogP contribution in [-0.2, 0) is 11.2 Å². The van der Waals surface area contributed by atoms with E-state index in [-0.39, 0.29) is 35.7 Å². The number of imidazole rings is 1. The van der Waals surface area contributed by atoms with Crippen LogP contribution in [-0.4, -0.2) is 58.5 Å². The van der Waals surface area contributed by atoms with Gasteiger partial charge in [-0.15, -0.1) is 0 Å². The van der Waals surface area contributed by atoms with E-state index in [1.165, 1.54) is 31.6 Å². The van der Waals surface area contributed by atoms with Crippen LogP contribution in [0, 0.1) is 11.6 Å². The van der Waals surface area contributed by atoms with E-state index in [2.05, 4.69) is 25.9 Å². The zero-order valence-electron chi connectivity index (χ0n) is 25.0. The number of aromatic nitrogens is 3. The van der Waals surface area contributed by atoms with Crippen LogP contribution < -0.4 is 32.2 Å². The fourth-order valence-electron chi connectivity index (χ4n) is 4.79. The Balaban J connectivity index is 1.45. The maximum atomic E-state index is 14.8. The molecule has 2 heterocycles. The molecule has 0 radical (unpaired) electrons. The van der Waals surface area contributed by atoms with Gasteiger partial charge in [0.05, 0.1) is 25.0 Å². The van der Waals surface area contributed by atoms with E-state index < -0.39 is 17.7 Å². The number of carbonyl (C=O) groups excluding carboxylic acids is 2. The highest BCUT2D eigenvalue weighted by atomic mass is 19.2. The molecule has 234 valence electrons. The number of benzene rings is 2. The molecule has 4 aromatic rings. The molecule has 0 aliphatic heterocycles. The Labute approximate surface area is 254 Å². The molecule has 0 saturated carbocycles. The molecular formula is C31H38F2N8O3. The third-order valence-corrected chi connectivity index (χ3v) is 7.23. The molecule has 7 N–H and O–H groups in total. The Morgan fingerprint density at radius 3 is 2.64 bits per heavy atom. The largest absolute Gasteiger partial charge is 0.494 e. The summed E-state index contributed by atoms with van der Waals surface area (Å²) in [6.45, 7) is 4.54. The molecule has 11 nitrogen and oxygen atoms in total. The highest BCUT2D eigenvalue weighted by molar-refractivity contribution is 5.96. The van der Waals surface area contributed by atoms with Crippen LogP contribution in [0.4, 0.5) is 20.3 Å². The molecule has 13 heteroatoms. The van der Waals surface area contributed by atoms with Crippen LogP contribution in [0.15, 0.2) is 48.9 Å². The summed E-state index contributed by atoms with van der Waals surface area (Å²) in [7, 11) is 1.27. The van der Waals surface area contributed by atoms with Crippen molar-refractivity contribution in [2.45, 2.75) is 51.6 Å². The van der Waals surface area contributed by atoms with Gasteiger partial charge in [-0.1, -0.05) is 13.3 Å². The third kappa shape index (κ3) is 7.29. The summed E-state index contributed by atoms with van der Waals surface area (Å²) in [5, 5.41) is 8.93. The summed E-state index contributed by atoms with van der Waals surface area (Å²) >= 11 is 0. The number of amides is 2. The Morgan fingerprint density at radius 2 is 1.91 bits per heavy atom. The predicted octanol–water partition coefficient (Wildman–Crippen LogP) is 3.68. The summed E-state index contributed by atoms with van der Waals surface area (Å²) in [5.74, 6) is -2.46. The van der Waals surface area contributed by atoms with Gasteiger partial charge in [-0.25, -0.2) is 14.4 Å². The maximum Gasteiger partial charge on any atom is 0.251 e. The Hall–Kier alpha value is -4.62. The van der Waals surface area contributed by atoms with E-state index in [9.17, 15) is 18.4 Å². The number of rotatable bonds is 14. The number of nitrogens with one attached hydrogen (secondary N) is 3. The number of methoxy groups -OCH3 is 1.